The summed E-state index contributed by atoms with van der Waals surface area (Å²) in [6, 6.07) is 10.5. The maximum atomic E-state index is 12.2. The highest BCUT2D eigenvalue weighted by molar-refractivity contribution is 7.75. The van der Waals surface area contributed by atoms with Crippen LogP contribution in [0.15, 0.2) is 57.2 Å². The van der Waals surface area contributed by atoms with Crippen molar-refractivity contribution in [2.24, 2.45) is 4.36 Å². The summed E-state index contributed by atoms with van der Waals surface area (Å²) in [6.07, 6.45) is 1.75. The maximum absolute atomic E-state index is 12.2. The van der Waals surface area contributed by atoms with E-state index in [1.165, 1.54) is 0 Å². The zero-order valence-corrected chi connectivity index (χ0v) is 22.8. The average molecular weight is 545 g/mol. The van der Waals surface area contributed by atoms with Crippen molar-refractivity contribution in [3.8, 4) is 10.4 Å². The Balaban J connectivity index is 1.69. The molecule has 0 radical (unpaired) electrons. The van der Waals surface area contributed by atoms with Crippen molar-refractivity contribution in [1.82, 2.24) is 9.97 Å². The van der Waals surface area contributed by atoms with E-state index in [1.807, 2.05) is 38.3 Å². The van der Waals surface area contributed by atoms with E-state index >= 15 is 0 Å². The van der Waals surface area contributed by atoms with E-state index in [2.05, 4.69) is 25.0 Å². The molecule has 0 atom stereocenters. The molecule has 2 aromatic heterocycles. The Morgan fingerprint density at radius 2 is 1.92 bits per heavy atom. The van der Waals surface area contributed by atoms with Gasteiger partial charge >= 0.3 is 12.1 Å². The number of anilines is 3. The molecule has 1 aromatic carbocycles. The fraction of sp³-hybridized carbons (Fsp3) is 0.360. The molecule has 0 unspecified atom stereocenters. The van der Waals surface area contributed by atoms with Crippen LogP contribution in [-0.4, -0.2) is 40.8 Å². The number of nitrogens with zero attached hydrogens (tertiary/aromatic N) is 3. The second-order valence-electron chi connectivity index (χ2n) is 8.74. The molecule has 0 saturated carbocycles. The molecule has 1 amide bonds. The number of carbonyl (C=O) groups excluding carboxylic acids is 2. The van der Waals surface area contributed by atoms with Crippen molar-refractivity contribution in [3.05, 3.63) is 48.0 Å². The van der Waals surface area contributed by atoms with Gasteiger partial charge in [0.05, 0.1) is 12.2 Å². The van der Waals surface area contributed by atoms with Gasteiger partial charge in [-0.1, -0.05) is 23.1 Å². The number of nitrogens with one attached hydrogen (secondary N) is 2. The number of aromatic nitrogens is 2. The first-order chi connectivity index (χ1) is 17.6. The van der Waals surface area contributed by atoms with Crippen LogP contribution in [0, 0.1) is 0 Å². The molecule has 2 N–H and O–H groups in total. The first-order valence-electron chi connectivity index (χ1n) is 11.7. The van der Waals surface area contributed by atoms with Crippen LogP contribution >= 0.6 is 11.3 Å². The lowest BCUT2D eigenvalue weighted by atomic mass is 10.2. The Morgan fingerprint density at radius 3 is 2.57 bits per heavy atom. The Morgan fingerprint density at radius 1 is 1.16 bits per heavy atom. The number of thiophene rings is 1. The van der Waals surface area contributed by atoms with Crippen molar-refractivity contribution in [1.29, 1.82) is 0 Å². The first kappa shape index (κ1) is 28.1. The second kappa shape index (κ2) is 13.2. The largest absolute Gasteiger partial charge is 0.460 e. The zero-order chi connectivity index (χ0) is 26.8. The normalized spacial score (nSPS) is 12.1. The van der Waals surface area contributed by atoms with Crippen LogP contribution in [-0.2, 0) is 29.1 Å². The van der Waals surface area contributed by atoms with E-state index in [-0.39, 0.29) is 12.6 Å². The van der Waals surface area contributed by atoms with Crippen molar-refractivity contribution in [2.75, 3.05) is 23.8 Å². The minimum atomic E-state index is -1.86. The van der Waals surface area contributed by atoms with Gasteiger partial charge in [-0.05, 0) is 57.7 Å². The second-order valence-corrected chi connectivity index (χ2v) is 10.8. The Kier molecular flexibility index (Phi) is 9.98. The molecule has 0 aliphatic rings. The summed E-state index contributed by atoms with van der Waals surface area (Å²) in [4.78, 5) is 33.9. The van der Waals surface area contributed by atoms with E-state index < -0.39 is 22.3 Å². The van der Waals surface area contributed by atoms with Gasteiger partial charge in [-0.2, -0.15) is 4.98 Å². The highest BCUT2D eigenvalue weighted by Gasteiger charge is 2.16. The summed E-state index contributed by atoms with van der Waals surface area (Å²) < 4.78 is 25.7. The van der Waals surface area contributed by atoms with Gasteiger partial charge in [0.15, 0.2) is 0 Å². The van der Waals surface area contributed by atoms with E-state index in [0.29, 0.717) is 41.7 Å². The van der Waals surface area contributed by atoms with Crippen molar-refractivity contribution in [2.45, 2.75) is 51.0 Å². The number of ether oxygens (including phenoxy) is 2. The average Bonchev–Trinajstić information content (AvgIpc) is 3.36. The summed E-state index contributed by atoms with van der Waals surface area (Å²) in [5.74, 6) is 0.757. The standard InChI is InChI=1S/C25H30N5O5S2/c1-5-34-24(32)30-37(33)18-12-10-17(11-13-18)28-23-27-16-19(20-8-7-15-36-20)22(29-23)26-14-6-9-21(31)35-25(2,3)4/h7-8,10-13,15-16H,5-6,9,14H2,1-4H3,(H2,26,27,28,29)/q-1. The van der Waals surface area contributed by atoms with Crippen LogP contribution in [0.5, 0.6) is 0 Å². The fourth-order valence-electron chi connectivity index (χ4n) is 3.08. The molecule has 2 heterocycles. The van der Waals surface area contributed by atoms with E-state index in [0.717, 1.165) is 10.4 Å². The van der Waals surface area contributed by atoms with Crippen molar-refractivity contribution < 1.29 is 23.3 Å². The minimum absolute atomic E-state index is 0.161. The van der Waals surface area contributed by atoms with Crippen LogP contribution in [0.3, 0.4) is 0 Å². The quantitative estimate of drug-likeness (QED) is 0.175. The topological polar surface area (TPSA) is 132 Å². The molecular weight excluding hydrogens is 514 g/mol. The summed E-state index contributed by atoms with van der Waals surface area (Å²) in [5.41, 5.74) is 1.01. The summed E-state index contributed by atoms with van der Waals surface area (Å²) in [6.45, 7) is 7.87. The van der Waals surface area contributed by atoms with Crippen molar-refractivity contribution in [3.63, 3.8) is 0 Å². The van der Waals surface area contributed by atoms with Gasteiger partial charge in [0.1, 0.15) is 11.4 Å². The van der Waals surface area contributed by atoms with Gasteiger partial charge in [0.2, 0.25) is 5.95 Å². The number of amides is 1. The van der Waals surface area contributed by atoms with Gasteiger partial charge in [0, 0.05) is 29.7 Å². The van der Waals surface area contributed by atoms with E-state index in [1.54, 1.807) is 48.7 Å². The van der Waals surface area contributed by atoms with Gasteiger partial charge < -0.3 is 24.3 Å². The minimum Gasteiger partial charge on any atom is -0.460 e. The molecule has 12 heteroatoms. The van der Waals surface area contributed by atoms with Crippen LogP contribution in [0.2, 0.25) is 0 Å². The van der Waals surface area contributed by atoms with Gasteiger partial charge in [0.25, 0.3) is 0 Å². The molecule has 10 nitrogen and oxygen atoms in total. The summed E-state index contributed by atoms with van der Waals surface area (Å²) in [7, 11) is -1.86. The molecule has 0 fully saturated rings. The zero-order valence-electron chi connectivity index (χ0n) is 21.1. The molecule has 0 bridgehead atoms. The van der Waals surface area contributed by atoms with Gasteiger partial charge in [-0.25, -0.2) is 9.78 Å². The third-order valence-electron chi connectivity index (χ3n) is 4.58. The van der Waals surface area contributed by atoms with Crippen molar-refractivity contribution >= 4 is 51.4 Å². The molecule has 3 rings (SSSR count). The SMILES string of the molecule is CCOC(=O)N=[S-](=O)c1ccc(Nc2ncc(-c3cccs3)c(NCCCC(=O)OC(C)(C)C)n2)cc1. The predicted octanol–water partition coefficient (Wildman–Crippen LogP) is 6.15. The molecule has 198 valence electrons. The molecule has 37 heavy (non-hydrogen) atoms. The predicted molar refractivity (Wildman–Crippen MR) is 144 cm³/mol. The van der Waals surface area contributed by atoms with Crippen LogP contribution in [0.4, 0.5) is 22.2 Å². The number of hydrogen-bond acceptors (Lipinski definition) is 11. The fourth-order valence-corrected chi connectivity index (χ4v) is 4.47. The number of benzene rings is 1. The lowest BCUT2D eigenvalue weighted by Gasteiger charge is -2.19. The lowest BCUT2D eigenvalue weighted by molar-refractivity contribution is -0.154. The summed E-state index contributed by atoms with van der Waals surface area (Å²) >= 11 is 1.58. The lowest BCUT2D eigenvalue weighted by Crippen LogP contribution is -2.24. The smallest absolute Gasteiger partial charge is 0.410 e. The molecule has 0 spiro atoms. The van der Waals surface area contributed by atoms with E-state index in [4.69, 9.17) is 9.47 Å². The number of carbonyl (C=O) groups is 2. The number of esters is 1. The van der Waals surface area contributed by atoms with Gasteiger partial charge in [-0.3, -0.25) is 9.16 Å². The van der Waals surface area contributed by atoms with Crippen LogP contribution < -0.4 is 10.6 Å². The van der Waals surface area contributed by atoms with Gasteiger partial charge in [-0.15, -0.1) is 21.9 Å². The molecule has 3 aromatic rings. The Hall–Kier alpha value is -3.51. The first-order valence-corrected chi connectivity index (χ1v) is 13.7. The molecule has 0 saturated heterocycles. The third kappa shape index (κ3) is 9.14. The monoisotopic (exact) mass is 544 g/mol. The molecular formula is C25H30N5O5S2-. The maximum Gasteiger partial charge on any atom is 0.410 e. The number of rotatable bonds is 10. The van der Waals surface area contributed by atoms with Crippen LogP contribution in [0.25, 0.3) is 10.4 Å². The van der Waals surface area contributed by atoms with E-state index in [9.17, 15) is 13.8 Å². The third-order valence-corrected chi connectivity index (χ3v) is 6.48. The number of hydrogen-bond donors (Lipinski definition) is 2. The Labute approximate surface area is 222 Å². The Bertz CT molecular complexity index is 1280. The highest BCUT2D eigenvalue weighted by Crippen LogP contribution is 2.31. The van der Waals surface area contributed by atoms with Crippen LogP contribution in [0.1, 0.15) is 40.5 Å². The highest BCUT2D eigenvalue weighted by atomic mass is 32.2. The summed E-state index contributed by atoms with van der Waals surface area (Å²) in [5, 5.41) is 8.41. The molecule has 0 aliphatic carbocycles. The molecule has 0 aliphatic heterocycles.